The lowest BCUT2D eigenvalue weighted by Crippen LogP contribution is -1.88. The first-order valence-electron chi connectivity index (χ1n) is 6.19. The van der Waals surface area contributed by atoms with E-state index < -0.39 is 11.6 Å². The minimum atomic E-state index is -0.651. The van der Waals surface area contributed by atoms with Crippen LogP contribution in [-0.2, 0) is 6.42 Å². The lowest BCUT2D eigenvalue weighted by Gasteiger charge is -1.98. The predicted molar refractivity (Wildman–Crippen MR) is 72.8 cm³/mol. The van der Waals surface area contributed by atoms with Gasteiger partial charge in [0.25, 0.3) is 0 Å². The van der Waals surface area contributed by atoms with E-state index in [4.69, 9.17) is 4.42 Å². The Hall–Kier alpha value is -2.62. The third-order valence-electron chi connectivity index (χ3n) is 2.99. The first kappa shape index (κ1) is 12.4. The van der Waals surface area contributed by atoms with Crippen molar-refractivity contribution in [1.82, 2.24) is 4.98 Å². The second-order valence-corrected chi connectivity index (χ2v) is 4.46. The zero-order valence-corrected chi connectivity index (χ0v) is 10.6. The molecule has 4 heteroatoms. The molecule has 0 saturated heterocycles. The van der Waals surface area contributed by atoms with Gasteiger partial charge in [-0.15, -0.1) is 0 Å². The number of nitrogens with zero attached hydrogens (tertiary/aromatic N) is 1. The highest BCUT2D eigenvalue weighted by atomic mass is 19.1. The highest BCUT2D eigenvalue weighted by Crippen LogP contribution is 2.25. The van der Waals surface area contributed by atoms with Crippen molar-refractivity contribution in [1.29, 1.82) is 0 Å². The monoisotopic (exact) mass is 269 g/mol. The summed E-state index contributed by atoms with van der Waals surface area (Å²) in [5.41, 5.74) is 2.29. The van der Waals surface area contributed by atoms with Crippen molar-refractivity contribution in [2.45, 2.75) is 6.42 Å². The summed E-state index contributed by atoms with van der Waals surface area (Å²) >= 11 is 0. The van der Waals surface area contributed by atoms with Crippen molar-refractivity contribution in [2.24, 2.45) is 0 Å². The number of phenols is 1. The van der Waals surface area contributed by atoms with Crippen molar-refractivity contribution in [2.75, 3.05) is 0 Å². The molecule has 0 unspecified atom stereocenters. The molecule has 1 heterocycles. The number of halogens is 1. The van der Waals surface area contributed by atoms with Crippen LogP contribution in [0.15, 0.2) is 59.2 Å². The highest BCUT2D eigenvalue weighted by Gasteiger charge is 2.09. The SMILES string of the molecule is Oc1cc(-c2coc(Cc3ccccc3)n2)ccc1F. The van der Waals surface area contributed by atoms with Gasteiger partial charge in [-0.1, -0.05) is 30.3 Å². The standard InChI is InChI=1S/C16H12FNO2/c17-13-7-6-12(9-15(13)19)14-10-20-16(18-14)8-11-4-2-1-3-5-11/h1-7,9-10,19H,8H2. The molecule has 3 nitrogen and oxygen atoms in total. The molecular weight excluding hydrogens is 257 g/mol. The van der Waals surface area contributed by atoms with Crippen LogP contribution in [-0.4, -0.2) is 10.1 Å². The molecule has 0 aliphatic carbocycles. The molecule has 3 rings (SSSR count). The van der Waals surface area contributed by atoms with E-state index >= 15 is 0 Å². The van der Waals surface area contributed by atoms with E-state index in [-0.39, 0.29) is 0 Å². The molecule has 0 saturated carbocycles. The number of rotatable bonds is 3. The normalized spacial score (nSPS) is 10.7. The van der Waals surface area contributed by atoms with Crippen molar-refractivity contribution in [3.05, 3.63) is 72.1 Å². The molecule has 0 spiro atoms. The second-order valence-electron chi connectivity index (χ2n) is 4.46. The van der Waals surface area contributed by atoms with Crippen LogP contribution >= 0.6 is 0 Å². The van der Waals surface area contributed by atoms with Crippen molar-refractivity contribution >= 4 is 0 Å². The third kappa shape index (κ3) is 2.54. The van der Waals surface area contributed by atoms with E-state index in [1.54, 1.807) is 6.07 Å². The molecule has 0 amide bonds. The van der Waals surface area contributed by atoms with E-state index in [0.29, 0.717) is 23.6 Å². The molecule has 100 valence electrons. The molecular formula is C16H12FNO2. The maximum absolute atomic E-state index is 13.0. The van der Waals surface area contributed by atoms with Gasteiger partial charge in [0.05, 0.1) is 0 Å². The molecule has 0 aliphatic rings. The van der Waals surface area contributed by atoms with E-state index in [9.17, 15) is 9.50 Å². The maximum atomic E-state index is 13.0. The minimum absolute atomic E-state index is 0.393. The molecule has 0 fully saturated rings. The third-order valence-corrected chi connectivity index (χ3v) is 2.99. The van der Waals surface area contributed by atoms with Crippen molar-refractivity contribution in [3.63, 3.8) is 0 Å². The van der Waals surface area contributed by atoms with Gasteiger partial charge in [-0.3, -0.25) is 0 Å². The van der Waals surface area contributed by atoms with Crippen LogP contribution in [0.4, 0.5) is 4.39 Å². The van der Waals surface area contributed by atoms with Crippen LogP contribution in [0.25, 0.3) is 11.3 Å². The van der Waals surface area contributed by atoms with Gasteiger partial charge in [-0.2, -0.15) is 0 Å². The van der Waals surface area contributed by atoms with E-state index in [1.165, 1.54) is 18.4 Å². The van der Waals surface area contributed by atoms with Crippen LogP contribution in [0.5, 0.6) is 5.75 Å². The fraction of sp³-hybridized carbons (Fsp3) is 0.0625. The van der Waals surface area contributed by atoms with Gasteiger partial charge < -0.3 is 9.52 Å². The van der Waals surface area contributed by atoms with E-state index in [2.05, 4.69) is 4.98 Å². The molecule has 1 N–H and O–H groups in total. The van der Waals surface area contributed by atoms with Gasteiger partial charge >= 0.3 is 0 Å². The van der Waals surface area contributed by atoms with Gasteiger partial charge in [0.15, 0.2) is 17.5 Å². The van der Waals surface area contributed by atoms with Crippen LogP contribution in [0.2, 0.25) is 0 Å². The lowest BCUT2D eigenvalue weighted by molar-refractivity contribution is 0.432. The summed E-state index contributed by atoms with van der Waals surface area (Å²) in [5, 5.41) is 9.37. The second kappa shape index (κ2) is 5.17. The van der Waals surface area contributed by atoms with Gasteiger partial charge in [-0.05, 0) is 23.8 Å². The molecule has 20 heavy (non-hydrogen) atoms. The van der Waals surface area contributed by atoms with E-state index in [0.717, 1.165) is 5.56 Å². The Balaban J connectivity index is 1.84. The average molecular weight is 269 g/mol. The number of benzene rings is 2. The zero-order valence-electron chi connectivity index (χ0n) is 10.6. The summed E-state index contributed by atoms with van der Waals surface area (Å²) < 4.78 is 18.4. The fourth-order valence-electron chi connectivity index (χ4n) is 1.97. The Morgan fingerprint density at radius 1 is 1.10 bits per heavy atom. The molecule has 2 aromatic carbocycles. The molecule has 0 atom stereocenters. The van der Waals surface area contributed by atoms with Crippen LogP contribution in [0, 0.1) is 5.82 Å². The maximum Gasteiger partial charge on any atom is 0.198 e. The summed E-state index contributed by atoms with van der Waals surface area (Å²) in [5.74, 6) is -0.466. The highest BCUT2D eigenvalue weighted by molar-refractivity contribution is 5.60. The minimum Gasteiger partial charge on any atom is -0.505 e. The summed E-state index contributed by atoms with van der Waals surface area (Å²) in [6.45, 7) is 0. The predicted octanol–water partition coefficient (Wildman–Crippen LogP) is 3.78. The molecule has 1 aromatic heterocycles. The number of oxazole rings is 1. The first-order chi connectivity index (χ1) is 9.72. The zero-order chi connectivity index (χ0) is 13.9. The number of hydrogen-bond acceptors (Lipinski definition) is 3. The quantitative estimate of drug-likeness (QED) is 0.787. The summed E-state index contributed by atoms with van der Waals surface area (Å²) in [4.78, 5) is 4.35. The smallest absolute Gasteiger partial charge is 0.198 e. The lowest BCUT2D eigenvalue weighted by atomic mass is 10.1. The van der Waals surface area contributed by atoms with Crippen LogP contribution in [0.3, 0.4) is 0 Å². The number of phenolic OH excluding ortho intramolecular Hbond substituents is 1. The van der Waals surface area contributed by atoms with Gasteiger partial charge in [0, 0.05) is 12.0 Å². The van der Waals surface area contributed by atoms with Crippen LogP contribution < -0.4 is 0 Å². The van der Waals surface area contributed by atoms with Crippen LogP contribution in [0.1, 0.15) is 11.5 Å². The van der Waals surface area contributed by atoms with Gasteiger partial charge in [0.2, 0.25) is 0 Å². The Bertz CT molecular complexity index is 722. The molecule has 0 bridgehead atoms. The fourth-order valence-corrected chi connectivity index (χ4v) is 1.97. The van der Waals surface area contributed by atoms with Gasteiger partial charge in [-0.25, -0.2) is 9.37 Å². The number of hydrogen-bond donors (Lipinski definition) is 1. The average Bonchev–Trinajstić information content (AvgIpc) is 2.91. The van der Waals surface area contributed by atoms with Gasteiger partial charge in [0.1, 0.15) is 12.0 Å². The molecule has 0 radical (unpaired) electrons. The summed E-state index contributed by atoms with van der Waals surface area (Å²) in [7, 11) is 0. The summed E-state index contributed by atoms with van der Waals surface area (Å²) in [6, 6.07) is 13.9. The molecule has 0 aliphatic heterocycles. The Kier molecular flexibility index (Phi) is 3.21. The first-order valence-corrected chi connectivity index (χ1v) is 6.19. The molecule has 3 aromatic rings. The Morgan fingerprint density at radius 2 is 1.90 bits per heavy atom. The Morgan fingerprint density at radius 3 is 2.65 bits per heavy atom. The Labute approximate surface area is 115 Å². The van der Waals surface area contributed by atoms with Crippen molar-refractivity contribution in [3.8, 4) is 17.0 Å². The number of aromatic hydroxyl groups is 1. The topological polar surface area (TPSA) is 46.3 Å². The largest absolute Gasteiger partial charge is 0.505 e. The summed E-state index contributed by atoms with van der Waals surface area (Å²) in [6.07, 6.45) is 2.10. The number of aromatic nitrogens is 1. The van der Waals surface area contributed by atoms with Crippen molar-refractivity contribution < 1.29 is 13.9 Å². The van der Waals surface area contributed by atoms with E-state index in [1.807, 2.05) is 30.3 Å².